The molecule has 6 aliphatic rings. The Morgan fingerprint density at radius 2 is 1.03 bits per heavy atom. The molecule has 6 saturated heterocycles. The Kier molecular flexibility index (Phi) is 22.4. The van der Waals surface area contributed by atoms with E-state index in [1.807, 2.05) is 0 Å². The van der Waals surface area contributed by atoms with Crippen LogP contribution < -0.4 is 10.6 Å². The van der Waals surface area contributed by atoms with E-state index >= 15 is 0 Å². The first kappa shape index (κ1) is 64.4. The number of aliphatic hydroxyl groups excluding tert-OH is 18. The normalized spacial score (nSPS) is 48.1. The number of aliphatic carboxylic acids is 1. The fourth-order valence-electron chi connectivity index (χ4n) is 9.95. The molecule has 0 spiro atoms. The Morgan fingerprint density at radius 3 is 1.60 bits per heavy atom. The maximum atomic E-state index is 13.5. The molecule has 0 saturated carbocycles. The molecule has 35 heteroatoms. The number of hydrogen-bond donors (Lipinski definition) is 21. The summed E-state index contributed by atoms with van der Waals surface area (Å²) in [5.41, 5.74) is 0. The van der Waals surface area contributed by atoms with Gasteiger partial charge in [-0.2, -0.15) is 0 Å². The van der Waals surface area contributed by atoms with Crippen LogP contribution in [-0.4, -0.2) is 338 Å². The van der Waals surface area contributed by atoms with Crippen LogP contribution in [0.4, 0.5) is 0 Å². The molecule has 0 aromatic carbocycles. The largest absolute Gasteiger partial charge is 0.477 e. The molecule has 0 aliphatic carbocycles. The number of nitrogens with one attached hydrogen (secondary N) is 2. The Bertz CT molecular complexity index is 1950. The van der Waals surface area contributed by atoms with Crippen LogP contribution in [0.3, 0.4) is 0 Å². The van der Waals surface area contributed by atoms with E-state index in [2.05, 4.69) is 10.6 Å². The average Bonchev–Trinajstić information content (AvgIpc) is 3.50. The third kappa shape index (κ3) is 13.5. The number of carboxylic acids is 1. The van der Waals surface area contributed by atoms with Gasteiger partial charge >= 0.3 is 5.97 Å². The highest BCUT2D eigenvalue weighted by atomic mass is 16.8. The highest BCUT2D eigenvalue weighted by molar-refractivity contribution is 5.76. The van der Waals surface area contributed by atoms with Crippen molar-refractivity contribution in [1.29, 1.82) is 0 Å². The third-order valence-electron chi connectivity index (χ3n) is 14.2. The minimum atomic E-state index is -3.38. The van der Waals surface area contributed by atoms with Crippen molar-refractivity contribution < 1.29 is 164 Å². The molecule has 0 radical (unpaired) electrons. The van der Waals surface area contributed by atoms with Crippen LogP contribution in [0.15, 0.2) is 0 Å². The van der Waals surface area contributed by atoms with Gasteiger partial charge in [-0.05, 0) is 6.92 Å². The van der Waals surface area contributed by atoms with E-state index in [4.69, 9.17) is 52.1 Å². The van der Waals surface area contributed by atoms with Gasteiger partial charge in [0.2, 0.25) is 11.8 Å². The van der Waals surface area contributed by atoms with Crippen LogP contribution in [-0.2, 0) is 66.5 Å². The predicted octanol–water partition coefficient (Wildman–Crippen LogP) is -13.6. The number of hydrogen-bond acceptors (Lipinski definition) is 32. The molecule has 0 aromatic heterocycles. The van der Waals surface area contributed by atoms with Gasteiger partial charge in [0.15, 0.2) is 31.5 Å². The zero-order valence-electron chi connectivity index (χ0n) is 41.8. The molecule has 31 atom stereocenters. The molecule has 6 rings (SSSR count). The van der Waals surface area contributed by atoms with Crippen LogP contribution in [0.5, 0.6) is 0 Å². The topological polar surface area (TPSA) is 561 Å². The van der Waals surface area contributed by atoms with E-state index in [0.717, 1.165) is 13.8 Å². The first-order valence-corrected chi connectivity index (χ1v) is 24.6. The van der Waals surface area contributed by atoms with Gasteiger partial charge in [-0.3, -0.25) is 9.59 Å². The molecular formula is C43H72N2O33. The van der Waals surface area contributed by atoms with E-state index in [0.29, 0.717) is 0 Å². The van der Waals surface area contributed by atoms with Crippen LogP contribution in [0.25, 0.3) is 0 Å². The Labute approximate surface area is 441 Å². The summed E-state index contributed by atoms with van der Waals surface area (Å²) in [6.07, 6.45) is -58.8. The quantitative estimate of drug-likeness (QED) is 0.0538. The van der Waals surface area contributed by atoms with Crippen molar-refractivity contribution in [3.8, 4) is 0 Å². The van der Waals surface area contributed by atoms with Crippen molar-refractivity contribution in [3.63, 3.8) is 0 Å². The highest BCUT2D eigenvalue weighted by Crippen LogP contribution is 2.41. The number of carbonyl (C=O) groups excluding carboxylic acids is 2. The second-order valence-electron chi connectivity index (χ2n) is 19.6. The monoisotopic (exact) mass is 1140 g/mol. The van der Waals surface area contributed by atoms with Gasteiger partial charge in [-0.25, -0.2) is 4.79 Å². The number of ether oxygens (including phenoxy) is 11. The maximum absolute atomic E-state index is 13.5. The third-order valence-corrected chi connectivity index (χ3v) is 14.2. The fourth-order valence-corrected chi connectivity index (χ4v) is 9.95. The van der Waals surface area contributed by atoms with E-state index in [1.165, 1.54) is 6.92 Å². The minimum Gasteiger partial charge on any atom is -0.477 e. The van der Waals surface area contributed by atoms with Crippen molar-refractivity contribution >= 4 is 17.8 Å². The zero-order chi connectivity index (χ0) is 58.0. The number of amides is 2. The average molecular weight is 1150 g/mol. The lowest BCUT2D eigenvalue weighted by atomic mass is 9.88. The van der Waals surface area contributed by atoms with Crippen molar-refractivity contribution in [3.05, 3.63) is 0 Å². The zero-order valence-corrected chi connectivity index (χ0v) is 41.8. The van der Waals surface area contributed by atoms with Crippen molar-refractivity contribution in [1.82, 2.24) is 10.6 Å². The summed E-state index contributed by atoms with van der Waals surface area (Å²) >= 11 is 0. The molecule has 0 unspecified atom stereocenters. The van der Waals surface area contributed by atoms with Crippen LogP contribution >= 0.6 is 0 Å². The lowest BCUT2D eigenvalue weighted by Crippen LogP contribution is -2.72. The molecular weight excluding hydrogens is 1070 g/mol. The number of rotatable bonds is 20. The van der Waals surface area contributed by atoms with E-state index in [9.17, 15) is 111 Å². The standard InChI is InChI=1S/C43H72N2O33/c1-10-21(55)25(59)29(63)39(68-10)76-36-26(60)23(57)15(6-47)71-41(36)75-33-20(45-12(3)52)38(70-16(7-48)24(33)58)74-32-18(9-50)72-40(73-31-17(8-49)69-37(65)28(62)27(31)61)30(64)35(32)78-43(42(66)67)4-13(53)19(44-11(2)51)34(77-43)22(56)14(54)5-46/h10,13-41,46-50,53-65H,4-9H2,1-3H3,(H,44,51)(H,45,52)(H,66,67)/t10-,13+,14-,15-,16-,17-,18-,19-,20-,21+,22-,23+,24+,25+,26+,27-,28-,29-,30-,31-,32+,33-,34-,35-,36-,37-,38+,39-,40+,41+,43+/m1/s1. The summed E-state index contributed by atoms with van der Waals surface area (Å²) < 4.78 is 63.9. The molecule has 78 heavy (non-hydrogen) atoms. The first-order chi connectivity index (χ1) is 36.7. The fraction of sp³-hybridized carbons (Fsp3) is 0.930. The predicted molar refractivity (Wildman–Crippen MR) is 238 cm³/mol. The van der Waals surface area contributed by atoms with E-state index in [1.54, 1.807) is 0 Å². The minimum absolute atomic E-state index is 0.879. The van der Waals surface area contributed by atoms with E-state index in [-0.39, 0.29) is 0 Å². The molecule has 6 fully saturated rings. The molecule has 0 aromatic rings. The van der Waals surface area contributed by atoms with Gasteiger partial charge in [0.1, 0.15) is 134 Å². The molecule has 0 bridgehead atoms. The number of carboxylic acid groups (broad SMARTS) is 1. The lowest BCUT2D eigenvalue weighted by Gasteiger charge is -2.53. The van der Waals surface area contributed by atoms with Crippen LogP contribution in [0, 0.1) is 0 Å². The smallest absolute Gasteiger partial charge is 0.364 e. The second-order valence-corrected chi connectivity index (χ2v) is 19.6. The molecule has 6 aliphatic heterocycles. The second kappa shape index (κ2) is 27.1. The summed E-state index contributed by atoms with van der Waals surface area (Å²) in [5, 5.41) is 209. The van der Waals surface area contributed by atoms with Gasteiger partial charge in [-0.1, -0.05) is 0 Å². The maximum Gasteiger partial charge on any atom is 0.364 e. The Hall–Kier alpha value is -2.75. The molecule has 21 N–H and O–H groups in total. The lowest BCUT2D eigenvalue weighted by molar-refractivity contribution is -0.405. The van der Waals surface area contributed by atoms with Crippen molar-refractivity contribution in [2.24, 2.45) is 0 Å². The SMILES string of the molecule is CC(=O)N[C@H]1[C@H](O[C@@H]2[C@H](O[C@]3(C(=O)O)C[C@H](O)[C@@H](NC(C)=O)[C@H]([C@H](O)[C@H](O)CO)O3)[C@@H](O)[C@H](O[C@H]3[C@H](O)[C@@H](O)[C@H](O)O[C@@H]3CO)O[C@@H]2CO)O[C@H](CO)[C@H](O)[C@@H]1O[C@@H]1O[C@H](CO)[C@H](O)[C@H](O)[C@H]1O[C@H]1O[C@H](C)[C@H](O)[C@H](O)[C@H]1O. The van der Waals surface area contributed by atoms with Gasteiger partial charge in [0.25, 0.3) is 5.79 Å². The summed E-state index contributed by atoms with van der Waals surface area (Å²) in [4.78, 5) is 38.9. The Balaban J connectivity index is 1.43. The first-order valence-electron chi connectivity index (χ1n) is 24.6. The summed E-state index contributed by atoms with van der Waals surface area (Å²) in [7, 11) is 0. The van der Waals surface area contributed by atoms with Crippen LogP contribution in [0.2, 0.25) is 0 Å². The summed E-state index contributed by atoms with van der Waals surface area (Å²) in [5.74, 6) is -7.40. The van der Waals surface area contributed by atoms with Crippen LogP contribution in [0.1, 0.15) is 27.2 Å². The molecule has 452 valence electrons. The van der Waals surface area contributed by atoms with Gasteiger partial charge in [-0.15, -0.1) is 0 Å². The molecule has 2 amide bonds. The summed E-state index contributed by atoms with van der Waals surface area (Å²) in [6.45, 7) is -2.51. The number of carbonyl (C=O) groups is 3. The van der Waals surface area contributed by atoms with Gasteiger partial charge < -0.3 is 160 Å². The van der Waals surface area contributed by atoms with Crippen molar-refractivity contribution in [2.75, 3.05) is 33.0 Å². The van der Waals surface area contributed by atoms with E-state index < -0.39 is 247 Å². The Morgan fingerprint density at radius 1 is 0.526 bits per heavy atom. The van der Waals surface area contributed by atoms with Crippen molar-refractivity contribution in [2.45, 2.75) is 217 Å². The number of aliphatic hydroxyl groups is 18. The van der Waals surface area contributed by atoms with Gasteiger partial charge in [0.05, 0.1) is 51.3 Å². The molecule has 35 nitrogen and oxygen atoms in total. The van der Waals surface area contributed by atoms with Gasteiger partial charge in [0, 0.05) is 20.3 Å². The molecule has 6 heterocycles. The highest BCUT2D eigenvalue weighted by Gasteiger charge is 2.62. The summed E-state index contributed by atoms with van der Waals surface area (Å²) in [6, 6.07) is -3.74.